The van der Waals surface area contributed by atoms with Gasteiger partial charge >= 0.3 is 0 Å². The van der Waals surface area contributed by atoms with E-state index in [0.29, 0.717) is 5.92 Å². The number of aliphatic imine (C=N–C) groups is 1. The zero-order valence-corrected chi connectivity index (χ0v) is 7.57. The summed E-state index contributed by atoms with van der Waals surface area (Å²) in [5.41, 5.74) is 8.73. The van der Waals surface area contributed by atoms with Crippen molar-refractivity contribution in [2.75, 3.05) is 0 Å². The van der Waals surface area contributed by atoms with Crippen molar-refractivity contribution in [3.05, 3.63) is 35.9 Å². The Morgan fingerprint density at radius 3 is 2.92 bits per heavy atom. The van der Waals surface area contributed by atoms with E-state index in [2.05, 4.69) is 11.9 Å². The van der Waals surface area contributed by atoms with Gasteiger partial charge in [0.2, 0.25) is 0 Å². The molecular weight excluding hydrogens is 160 g/mol. The summed E-state index contributed by atoms with van der Waals surface area (Å²) in [6, 6.07) is 7.92. The molecule has 0 aliphatic carbocycles. The smallest absolute Gasteiger partial charge is 0.0718 e. The Morgan fingerprint density at radius 2 is 2.08 bits per heavy atom. The maximum absolute atomic E-state index is 5.92. The SMILES string of the molecule is CC1C=Nc2ccccc2C(N)=C1. The van der Waals surface area contributed by atoms with Crippen LogP contribution in [-0.4, -0.2) is 6.21 Å². The van der Waals surface area contributed by atoms with Crippen LogP contribution in [-0.2, 0) is 0 Å². The number of hydrogen-bond donors (Lipinski definition) is 1. The minimum Gasteiger partial charge on any atom is -0.398 e. The second-order valence-corrected chi connectivity index (χ2v) is 3.28. The van der Waals surface area contributed by atoms with Gasteiger partial charge in [-0.25, -0.2) is 0 Å². The van der Waals surface area contributed by atoms with Gasteiger partial charge in [-0.3, -0.25) is 4.99 Å². The summed E-state index contributed by atoms with van der Waals surface area (Å²) >= 11 is 0. The molecule has 1 heterocycles. The number of benzene rings is 1. The van der Waals surface area contributed by atoms with E-state index >= 15 is 0 Å². The highest BCUT2D eigenvalue weighted by Crippen LogP contribution is 2.26. The molecule has 0 saturated carbocycles. The van der Waals surface area contributed by atoms with Gasteiger partial charge in [-0.1, -0.05) is 31.2 Å². The molecule has 0 radical (unpaired) electrons. The fourth-order valence-electron chi connectivity index (χ4n) is 1.44. The van der Waals surface area contributed by atoms with Gasteiger partial charge < -0.3 is 5.73 Å². The fourth-order valence-corrected chi connectivity index (χ4v) is 1.44. The van der Waals surface area contributed by atoms with Gasteiger partial charge in [0.1, 0.15) is 0 Å². The topological polar surface area (TPSA) is 38.4 Å². The molecular formula is C11H12N2. The third-order valence-corrected chi connectivity index (χ3v) is 2.11. The predicted octanol–water partition coefficient (Wildman–Crippen LogP) is 2.34. The van der Waals surface area contributed by atoms with E-state index < -0.39 is 0 Å². The van der Waals surface area contributed by atoms with Crippen LogP contribution in [0.2, 0.25) is 0 Å². The summed E-state index contributed by atoms with van der Waals surface area (Å²) in [7, 11) is 0. The highest BCUT2D eigenvalue weighted by Gasteiger charge is 2.07. The fraction of sp³-hybridized carbons (Fsp3) is 0.182. The Kier molecular flexibility index (Phi) is 1.89. The Balaban J connectivity index is 2.59. The van der Waals surface area contributed by atoms with E-state index in [1.54, 1.807) is 0 Å². The van der Waals surface area contributed by atoms with Gasteiger partial charge in [-0.15, -0.1) is 0 Å². The Labute approximate surface area is 77.8 Å². The lowest BCUT2D eigenvalue weighted by molar-refractivity contribution is 1.03. The number of nitrogens with zero attached hydrogens (tertiary/aromatic N) is 1. The maximum Gasteiger partial charge on any atom is 0.0718 e. The number of para-hydroxylation sites is 1. The van der Waals surface area contributed by atoms with Gasteiger partial charge in [-0.05, 0) is 6.07 Å². The lowest BCUT2D eigenvalue weighted by atomic mass is 10.1. The molecule has 2 nitrogen and oxygen atoms in total. The first-order chi connectivity index (χ1) is 6.27. The van der Waals surface area contributed by atoms with Crippen molar-refractivity contribution in [3.8, 4) is 0 Å². The quantitative estimate of drug-likeness (QED) is 0.641. The normalized spacial score (nSPS) is 20.4. The number of hydrogen-bond acceptors (Lipinski definition) is 2. The van der Waals surface area contributed by atoms with Gasteiger partial charge in [0, 0.05) is 23.4 Å². The second-order valence-electron chi connectivity index (χ2n) is 3.28. The average Bonchev–Trinajstić information content (AvgIpc) is 2.27. The van der Waals surface area contributed by atoms with Crippen LogP contribution in [0.25, 0.3) is 5.70 Å². The molecule has 0 saturated heterocycles. The highest BCUT2D eigenvalue weighted by molar-refractivity contribution is 5.81. The molecule has 2 rings (SSSR count). The van der Waals surface area contributed by atoms with Crippen LogP contribution < -0.4 is 5.73 Å². The molecule has 66 valence electrons. The van der Waals surface area contributed by atoms with E-state index in [9.17, 15) is 0 Å². The van der Waals surface area contributed by atoms with Crippen molar-refractivity contribution < 1.29 is 0 Å². The first-order valence-corrected chi connectivity index (χ1v) is 4.38. The first kappa shape index (κ1) is 8.05. The highest BCUT2D eigenvalue weighted by atomic mass is 14.7. The lowest BCUT2D eigenvalue weighted by Crippen LogP contribution is -1.98. The molecule has 1 aromatic carbocycles. The molecule has 0 fully saturated rings. The minimum absolute atomic E-state index is 0.312. The maximum atomic E-state index is 5.92. The van der Waals surface area contributed by atoms with E-state index in [1.165, 1.54) is 0 Å². The van der Waals surface area contributed by atoms with Crippen molar-refractivity contribution in [1.29, 1.82) is 0 Å². The molecule has 0 amide bonds. The van der Waals surface area contributed by atoms with Crippen LogP contribution in [0.1, 0.15) is 12.5 Å². The molecule has 13 heavy (non-hydrogen) atoms. The van der Waals surface area contributed by atoms with Gasteiger partial charge in [0.05, 0.1) is 5.69 Å². The predicted molar refractivity (Wildman–Crippen MR) is 55.9 cm³/mol. The average molecular weight is 172 g/mol. The summed E-state index contributed by atoms with van der Waals surface area (Å²) in [5, 5.41) is 0. The van der Waals surface area contributed by atoms with Crippen molar-refractivity contribution in [2.24, 2.45) is 16.6 Å². The molecule has 0 aromatic heterocycles. The summed E-state index contributed by atoms with van der Waals surface area (Å²) in [5.74, 6) is 0.312. The van der Waals surface area contributed by atoms with Crippen LogP contribution in [0.4, 0.5) is 5.69 Å². The molecule has 2 heteroatoms. The van der Waals surface area contributed by atoms with E-state index in [1.807, 2.05) is 36.6 Å². The van der Waals surface area contributed by atoms with Crippen LogP contribution in [0, 0.1) is 5.92 Å². The van der Waals surface area contributed by atoms with E-state index in [0.717, 1.165) is 16.9 Å². The van der Waals surface area contributed by atoms with Gasteiger partial charge in [0.15, 0.2) is 0 Å². The van der Waals surface area contributed by atoms with Crippen LogP contribution in [0.3, 0.4) is 0 Å². The van der Waals surface area contributed by atoms with Crippen molar-refractivity contribution in [2.45, 2.75) is 6.92 Å². The monoisotopic (exact) mass is 172 g/mol. The summed E-state index contributed by atoms with van der Waals surface area (Å²) in [6.07, 6.45) is 3.94. The third kappa shape index (κ3) is 1.47. The summed E-state index contributed by atoms with van der Waals surface area (Å²) in [4.78, 5) is 4.36. The van der Waals surface area contributed by atoms with Gasteiger partial charge in [0.25, 0.3) is 0 Å². The Bertz CT molecular complexity index is 377. The third-order valence-electron chi connectivity index (χ3n) is 2.11. The number of allylic oxidation sites excluding steroid dienone is 1. The summed E-state index contributed by atoms with van der Waals surface area (Å²) in [6.45, 7) is 2.07. The lowest BCUT2D eigenvalue weighted by Gasteiger charge is -2.02. The Morgan fingerprint density at radius 1 is 1.31 bits per heavy atom. The number of rotatable bonds is 0. The molecule has 1 unspecified atom stereocenters. The first-order valence-electron chi connectivity index (χ1n) is 4.38. The second kappa shape index (κ2) is 3.05. The zero-order valence-electron chi connectivity index (χ0n) is 7.57. The molecule has 1 aliphatic heterocycles. The van der Waals surface area contributed by atoms with Crippen molar-refractivity contribution in [3.63, 3.8) is 0 Å². The summed E-state index contributed by atoms with van der Waals surface area (Å²) < 4.78 is 0. The number of fused-ring (bicyclic) bond motifs is 1. The largest absolute Gasteiger partial charge is 0.398 e. The standard InChI is InChI=1S/C11H12N2/c1-8-6-10(12)9-4-2-3-5-11(9)13-7-8/h2-8H,12H2,1H3. The molecule has 0 bridgehead atoms. The van der Waals surface area contributed by atoms with Crippen molar-refractivity contribution >= 4 is 17.6 Å². The van der Waals surface area contributed by atoms with Crippen molar-refractivity contribution in [1.82, 2.24) is 0 Å². The Hall–Kier alpha value is -1.57. The van der Waals surface area contributed by atoms with Crippen LogP contribution in [0.5, 0.6) is 0 Å². The molecule has 0 spiro atoms. The molecule has 1 aliphatic rings. The van der Waals surface area contributed by atoms with Crippen LogP contribution in [0.15, 0.2) is 35.3 Å². The minimum atomic E-state index is 0.312. The van der Waals surface area contributed by atoms with E-state index in [4.69, 9.17) is 5.73 Å². The number of nitrogens with two attached hydrogens (primary N) is 1. The molecule has 1 atom stereocenters. The van der Waals surface area contributed by atoms with Gasteiger partial charge in [-0.2, -0.15) is 0 Å². The zero-order chi connectivity index (χ0) is 9.26. The molecule has 1 aromatic rings. The van der Waals surface area contributed by atoms with Crippen LogP contribution >= 0.6 is 0 Å². The molecule has 2 N–H and O–H groups in total. The van der Waals surface area contributed by atoms with E-state index in [-0.39, 0.29) is 0 Å².